The molecule has 2 heterocycles. The first kappa shape index (κ1) is 21.0. The lowest BCUT2D eigenvalue weighted by Gasteiger charge is -2.46. The molecule has 0 bridgehead atoms. The zero-order valence-corrected chi connectivity index (χ0v) is 16.4. The molecule has 5 unspecified atom stereocenters. The Morgan fingerprint density at radius 3 is 2.71 bits per heavy atom. The molecule has 3 rings (SSSR count). The van der Waals surface area contributed by atoms with Gasteiger partial charge in [0.15, 0.2) is 12.6 Å². The number of hydrogen-bond acceptors (Lipinski definition) is 5. The molecule has 0 radical (unpaired) electrons. The van der Waals surface area contributed by atoms with Crippen molar-refractivity contribution in [3.05, 3.63) is 72.4 Å². The molecule has 0 saturated carbocycles. The number of hydrogen-bond donors (Lipinski definition) is 1. The number of unbranched alkanes of at least 4 members (excludes halogenated alkanes) is 1. The Balaban J connectivity index is 1.76. The molecule has 1 N–H and O–H groups in total. The predicted octanol–water partition coefficient (Wildman–Crippen LogP) is 4.06. The molecule has 28 heavy (non-hydrogen) atoms. The quantitative estimate of drug-likeness (QED) is 0.539. The second-order valence-corrected chi connectivity index (χ2v) is 6.97. The Morgan fingerprint density at radius 2 is 2.00 bits per heavy atom. The van der Waals surface area contributed by atoms with Crippen LogP contribution in [-0.2, 0) is 18.9 Å². The first-order valence-corrected chi connectivity index (χ1v) is 9.96. The SMILES string of the molecule is C=C/C(=C\C=C/C)C1OC(CCCCO)C2OC(c3ccccc3)OCC2O1. The van der Waals surface area contributed by atoms with Gasteiger partial charge in [0.1, 0.15) is 12.2 Å². The summed E-state index contributed by atoms with van der Waals surface area (Å²) < 4.78 is 24.7. The third kappa shape index (κ3) is 5.19. The Morgan fingerprint density at radius 1 is 1.18 bits per heavy atom. The molecule has 0 aromatic heterocycles. The van der Waals surface area contributed by atoms with Crippen LogP contribution in [0, 0.1) is 0 Å². The number of fused-ring (bicyclic) bond motifs is 1. The summed E-state index contributed by atoms with van der Waals surface area (Å²) in [5.74, 6) is 0. The van der Waals surface area contributed by atoms with E-state index >= 15 is 0 Å². The first-order valence-electron chi connectivity index (χ1n) is 9.96. The normalized spacial score (nSPS) is 30.9. The van der Waals surface area contributed by atoms with Gasteiger partial charge >= 0.3 is 0 Å². The van der Waals surface area contributed by atoms with E-state index in [9.17, 15) is 0 Å². The fourth-order valence-corrected chi connectivity index (χ4v) is 3.50. The van der Waals surface area contributed by atoms with Gasteiger partial charge < -0.3 is 24.1 Å². The summed E-state index contributed by atoms with van der Waals surface area (Å²) in [5.41, 5.74) is 1.85. The topological polar surface area (TPSA) is 57.2 Å². The van der Waals surface area contributed by atoms with Crippen LogP contribution in [0.25, 0.3) is 0 Å². The van der Waals surface area contributed by atoms with Gasteiger partial charge in [-0.15, -0.1) is 0 Å². The standard InChI is InChI=1S/C23H30O5/c1-3-5-11-17(4-2)23-26-19(14-9-10-15-24)21-20(27-23)16-25-22(28-21)18-12-7-6-8-13-18/h3-8,11-13,19-24H,2,9-10,14-16H2,1H3/b5-3-,17-11+. The van der Waals surface area contributed by atoms with E-state index in [1.165, 1.54) is 0 Å². The van der Waals surface area contributed by atoms with Crippen molar-refractivity contribution in [3.63, 3.8) is 0 Å². The highest BCUT2D eigenvalue weighted by atomic mass is 16.8. The molecule has 0 amide bonds. The van der Waals surface area contributed by atoms with Gasteiger partial charge in [-0.25, -0.2) is 0 Å². The molecule has 5 nitrogen and oxygen atoms in total. The molecular formula is C23H30O5. The van der Waals surface area contributed by atoms with Gasteiger partial charge in [-0.3, -0.25) is 0 Å². The number of aliphatic hydroxyl groups excluding tert-OH is 1. The lowest BCUT2D eigenvalue weighted by atomic mass is 9.99. The molecule has 152 valence electrons. The minimum Gasteiger partial charge on any atom is -0.396 e. The average molecular weight is 386 g/mol. The number of allylic oxidation sites excluding steroid dienone is 3. The van der Waals surface area contributed by atoms with E-state index < -0.39 is 12.6 Å². The van der Waals surface area contributed by atoms with Gasteiger partial charge in [0.05, 0.1) is 12.7 Å². The van der Waals surface area contributed by atoms with Crippen LogP contribution in [0.3, 0.4) is 0 Å². The van der Waals surface area contributed by atoms with Crippen molar-refractivity contribution >= 4 is 0 Å². The largest absolute Gasteiger partial charge is 0.396 e. The van der Waals surface area contributed by atoms with Crippen LogP contribution in [0.5, 0.6) is 0 Å². The van der Waals surface area contributed by atoms with Gasteiger partial charge in [0.2, 0.25) is 0 Å². The lowest BCUT2D eigenvalue weighted by Crippen LogP contribution is -2.56. The highest BCUT2D eigenvalue weighted by molar-refractivity contribution is 5.25. The van der Waals surface area contributed by atoms with Gasteiger partial charge in [-0.1, -0.05) is 61.2 Å². The van der Waals surface area contributed by atoms with E-state index in [1.54, 1.807) is 6.08 Å². The number of ether oxygens (including phenoxy) is 4. The van der Waals surface area contributed by atoms with Crippen molar-refractivity contribution in [2.45, 2.75) is 57.1 Å². The van der Waals surface area contributed by atoms with Crippen molar-refractivity contribution in [2.75, 3.05) is 13.2 Å². The monoisotopic (exact) mass is 386 g/mol. The molecule has 0 spiro atoms. The van der Waals surface area contributed by atoms with Crippen LogP contribution >= 0.6 is 0 Å². The third-order valence-corrected chi connectivity index (χ3v) is 4.98. The summed E-state index contributed by atoms with van der Waals surface area (Å²) in [6.45, 7) is 6.46. The summed E-state index contributed by atoms with van der Waals surface area (Å²) in [5, 5.41) is 9.15. The molecule has 2 aliphatic rings. The van der Waals surface area contributed by atoms with Crippen LogP contribution in [0.1, 0.15) is 38.0 Å². The molecule has 2 saturated heterocycles. The summed E-state index contributed by atoms with van der Waals surface area (Å²) in [6.07, 6.45) is 8.47. The van der Waals surface area contributed by atoms with Crippen LogP contribution in [0.4, 0.5) is 0 Å². The Labute approximate surface area is 167 Å². The van der Waals surface area contributed by atoms with Gasteiger partial charge in [0.25, 0.3) is 0 Å². The maximum Gasteiger partial charge on any atom is 0.184 e. The van der Waals surface area contributed by atoms with Crippen LogP contribution in [-0.4, -0.2) is 42.9 Å². The zero-order chi connectivity index (χ0) is 19.8. The predicted molar refractivity (Wildman–Crippen MR) is 108 cm³/mol. The smallest absolute Gasteiger partial charge is 0.184 e. The molecule has 0 aliphatic carbocycles. The molecule has 1 aromatic carbocycles. The van der Waals surface area contributed by atoms with Crippen molar-refractivity contribution in [1.82, 2.24) is 0 Å². The molecule has 5 atom stereocenters. The highest BCUT2D eigenvalue weighted by Crippen LogP contribution is 2.36. The van der Waals surface area contributed by atoms with Crippen molar-refractivity contribution in [3.8, 4) is 0 Å². The summed E-state index contributed by atoms with van der Waals surface area (Å²) in [4.78, 5) is 0. The Hall–Kier alpha value is -1.76. The third-order valence-electron chi connectivity index (χ3n) is 4.98. The molecular weight excluding hydrogens is 356 g/mol. The zero-order valence-electron chi connectivity index (χ0n) is 16.4. The fourth-order valence-electron chi connectivity index (χ4n) is 3.50. The van der Waals surface area contributed by atoms with Crippen LogP contribution < -0.4 is 0 Å². The van der Waals surface area contributed by atoms with E-state index in [1.807, 2.05) is 55.5 Å². The lowest BCUT2D eigenvalue weighted by molar-refractivity contribution is -0.353. The van der Waals surface area contributed by atoms with E-state index in [0.29, 0.717) is 6.61 Å². The van der Waals surface area contributed by atoms with Gasteiger partial charge in [-0.2, -0.15) is 0 Å². The Kier molecular flexibility index (Phi) is 8.01. The summed E-state index contributed by atoms with van der Waals surface area (Å²) in [6, 6.07) is 9.90. The van der Waals surface area contributed by atoms with E-state index in [-0.39, 0.29) is 24.9 Å². The van der Waals surface area contributed by atoms with E-state index in [4.69, 9.17) is 24.1 Å². The second-order valence-electron chi connectivity index (χ2n) is 6.97. The van der Waals surface area contributed by atoms with Crippen LogP contribution in [0.15, 0.2) is 66.8 Å². The molecule has 2 fully saturated rings. The fraction of sp³-hybridized carbons (Fsp3) is 0.478. The van der Waals surface area contributed by atoms with Crippen molar-refractivity contribution in [1.29, 1.82) is 0 Å². The van der Waals surface area contributed by atoms with Gasteiger partial charge in [0, 0.05) is 17.7 Å². The summed E-state index contributed by atoms with van der Waals surface area (Å²) >= 11 is 0. The van der Waals surface area contributed by atoms with Crippen molar-refractivity contribution < 1.29 is 24.1 Å². The Bertz CT molecular complexity index is 669. The minimum absolute atomic E-state index is 0.139. The molecule has 1 aromatic rings. The van der Waals surface area contributed by atoms with Gasteiger partial charge in [-0.05, 0) is 26.2 Å². The molecule has 5 heteroatoms. The minimum atomic E-state index is -0.505. The van der Waals surface area contributed by atoms with E-state index in [0.717, 1.165) is 30.4 Å². The maximum atomic E-state index is 9.15. The number of benzene rings is 1. The number of rotatable bonds is 8. The van der Waals surface area contributed by atoms with Crippen molar-refractivity contribution in [2.24, 2.45) is 0 Å². The van der Waals surface area contributed by atoms with E-state index in [2.05, 4.69) is 6.58 Å². The maximum absolute atomic E-state index is 9.15. The second kappa shape index (κ2) is 10.7. The summed E-state index contributed by atoms with van der Waals surface area (Å²) in [7, 11) is 0. The first-order chi connectivity index (χ1) is 13.8. The number of aliphatic hydroxyl groups is 1. The van der Waals surface area contributed by atoms with Crippen LogP contribution in [0.2, 0.25) is 0 Å². The molecule has 2 aliphatic heterocycles. The average Bonchev–Trinajstić information content (AvgIpc) is 2.75. The highest BCUT2D eigenvalue weighted by Gasteiger charge is 2.45.